The van der Waals surface area contributed by atoms with Crippen LogP contribution in [-0.2, 0) is 12.8 Å². The van der Waals surface area contributed by atoms with E-state index in [-0.39, 0.29) is 0 Å². The highest BCUT2D eigenvalue weighted by Crippen LogP contribution is 2.29. The van der Waals surface area contributed by atoms with E-state index in [0.29, 0.717) is 19.1 Å². The van der Waals surface area contributed by atoms with Crippen LogP contribution >= 0.6 is 0 Å². The van der Waals surface area contributed by atoms with E-state index >= 15 is 0 Å². The summed E-state index contributed by atoms with van der Waals surface area (Å²) < 4.78 is 11.5. The van der Waals surface area contributed by atoms with Crippen LogP contribution in [0.15, 0.2) is 30.5 Å². The summed E-state index contributed by atoms with van der Waals surface area (Å²) in [5, 5.41) is 0. The highest BCUT2D eigenvalue weighted by atomic mass is 16.5. The van der Waals surface area contributed by atoms with Crippen LogP contribution in [0.3, 0.4) is 0 Å². The van der Waals surface area contributed by atoms with Gasteiger partial charge in [-0.05, 0) is 63.0 Å². The fourth-order valence-electron chi connectivity index (χ4n) is 3.50. The molecule has 2 aromatic rings. The summed E-state index contributed by atoms with van der Waals surface area (Å²) in [7, 11) is 3.88. The Balaban J connectivity index is 1.65. The Morgan fingerprint density at radius 2 is 2.12 bits per heavy atom. The molecule has 1 aliphatic rings. The van der Waals surface area contributed by atoms with Crippen molar-refractivity contribution in [2.45, 2.75) is 45.1 Å². The van der Waals surface area contributed by atoms with E-state index in [9.17, 15) is 0 Å². The second-order valence-corrected chi connectivity index (χ2v) is 6.89. The molecule has 0 N–H and O–H groups in total. The summed E-state index contributed by atoms with van der Waals surface area (Å²) in [5.74, 6) is 2.42. The van der Waals surface area contributed by atoms with Crippen molar-refractivity contribution in [3.63, 3.8) is 0 Å². The second-order valence-electron chi connectivity index (χ2n) is 6.89. The van der Waals surface area contributed by atoms with E-state index in [2.05, 4.69) is 41.0 Å². The lowest BCUT2D eigenvalue weighted by molar-refractivity contribution is 0.227. The first-order valence-electron chi connectivity index (χ1n) is 9.50. The second kappa shape index (κ2) is 8.99. The van der Waals surface area contributed by atoms with Crippen LogP contribution in [0.4, 0.5) is 0 Å². The van der Waals surface area contributed by atoms with Gasteiger partial charge in [0.2, 0.25) is 0 Å². The molecule has 3 rings (SSSR count). The molecule has 0 saturated carbocycles. The predicted molar refractivity (Wildman–Crippen MR) is 103 cm³/mol. The summed E-state index contributed by atoms with van der Waals surface area (Å²) in [6.45, 7) is 4.00. The molecule has 1 aromatic carbocycles. The zero-order valence-electron chi connectivity index (χ0n) is 16.1. The molecule has 5 nitrogen and oxygen atoms in total. The van der Waals surface area contributed by atoms with Gasteiger partial charge in [0, 0.05) is 24.4 Å². The molecule has 1 saturated heterocycles. The number of aromatic nitrogens is 2. The van der Waals surface area contributed by atoms with E-state index in [0.717, 1.165) is 41.4 Å². The van der Waals surface area contributed by atoms with Gasteiger partial charge in [-0.25, -0.2) is 9.97 Å². The van der Waals surface area contributed by atoms with Crippen molar-refractivity contribution >= 4 is 0 Å². The summed E-state index contributed by atoms with van der Waals surface area (Å²) in [5.41, 5.74) is 2.20. The van der Waals surface area contributed by atoms with Crippen LogP contribution in [0.2, 0.25) is 0 Å². The molecule has 0 radical (unpaired) electrons. The number of methoxy groups -OCH3 is 1. The number of nitrogens with zero attached hydrogens (tertiary/aromatic N) is 3. The van der Waals surface area contributed by atoms with Gasteiger partial charge in [0.05, 0.1) is 13.7 Å². The highest BCUT2D eigenvalue weighted by molar-refractivity contribution is 5.43. The third-order valence-electron chi connectivity index (χ3n) is 5.10. The van der Waals surface area contributed by atoms with Crippen molar-refractivity contribution in [3.05, 3.63) is 47.5 Å². The largest absolute Gasteiger partial charge is 0.493 e. The van der Waals surface area contributed by atoms with Crippen LogP contribution < -0.4 is 9.47 Å². The minimum Gasteiger partial charge on any atom is -0.493 e. The molecule has 140 valence electrons. The number of ether oxygens (including phenoxy) is 2. The zero-order valence-corrected chi connectivity index (χ0v) is 16.1. The predicted octanol–water partition coefficient (Wildman–Crippen LogP) is 3.50. The maximum absolute atomic E-state index is 6.07. The van der Waals surface area contributed by atoms with Gasteiger partial charge in [-0.1, -0.05) is 13.0 Å². The molecule has 2 heterocycles. The lowest BCUT2D eigenvalue weighted by Gasteiger charge is -2.20. The molecule has 26 heavy (non-hydrogen) atoms. The van der Waals surface area contributed by atoms with Gasteiger partial charge in [0.25, 0.3) is 0 Å². The van der Waals surface area contributed by atoms with Crippen LogP contribution in [-0.4, -0.2) is 48.2 Å². The van der Waals surface area contributed by atoms with Crippen LogP contribution in [0.5, 0.6) is 11.5 Å². The van der Waals surface area contributed by atoms with Crippen LogP contribution in [0, 0.1) is 0 Å². The van der Waals surface area contributed by atoms with Gasteiger partial charge >= 0.3 is 0 Å². The quantitative estimate of drug-likeness (QED) is 0.725. The summed E-state index contributed by atoms with van der Waals surface area (Å²) in [6, 6.07) is 8.68. The minimum atomic E-state index is 0.634. The van der Waals surface area contributed by atoms with Gasteiger partial charge in [-0.15, -0.1) is 0 Å². The van der Waals surface area contributed by atoms with E-state index in [4.69, 9.17) is 9.47 Å². The maximum Gasteiger partial charge on any atom is 0.161 e. The Bertz CT molecular complexity index is 720. The van der Waals surface area contributed by atoms with Crippen molar-refractivity contribution in [1.82, 2.24) is 14.9 Å². The monoisotopic (exact) mass is 355 g/mol. The van der Waals surface area contributed by atoms with Gasteiger partial charge in [0.1, 0.15) is 5.82 Å². The smallest absolute Gasteiger partial charge is 0.161 e. The number of hydrogen-bond donors (Lipinski definition) is 0. The van der Waals surface area contributed by atoms with Gasteiger partial charge in [-0.2, -0.15) is 0 Å². The van der Waals surface area contributed by atoms with Crippen molar-refractivity contribution in [2.24, 2.45) is 0 Å². The Hall–Kier alpha value is -2.14. The average Bonchev–Trinajstić information content (AvgIpc) is 3.07. The number of rotatable bonds is 8. The molecule has 1 unspecified atom stereocenters. The molecule has 0 aliphatic carbocycles. The lowest BCUT2D eigenvalue weighted by Crippen LogP contribution is -2.26. The van der Waals surface area contributed by atoms with Gasteiger partial charge in [0.15, 0.2) is 11.5 Å². The van der Waals surface area contributed by atoms with Crippen LogP contribution in [0.1, 0.15) is 43.3 Å². The standard InChI is InChI=1S/C21H29N3O2/c1-4-17-9-11-22-21(23-17)15-16-7-8-19(25-3)20(14-16)26-13-10-18-6-5-12-24(18)2/h7-9,11,14,18H,4-6,10,12-13,15H2,1-3H3. The maximum atomic E-state index is 6.07. The van der Waals surface area contributed by atoms with Gasteiger partial charge < -0.3 is 14.4 Å². The Morgan fingerprint density at radius 1 is 1.23 bits per heavy atom. The molecule has 1 aliphatic heterocycles. The van der Waals surface area contributed by atoms with E-state index < -0.39 is 0 Å². The molecule has 1 aromatic heterocycles. The third-order valence-corrected chi connectivity index (χ3v) is 5.10. The highest BCUT2D eigenvalue weighted by Gasteiger charge is 2.20. The summed E-state index contributed by atoms with van der Waals surface area (Å²) >= 11 is 0. The molecule has 0 spiro atoms. The molecular weight excluding hydrogens is 326 g/mol. The molecule has 0 bridgehead atoms. The minimum absolute atomic E-state index is 0.634. The van der Waals surface area contributed by atoms with Crippen molar-refractivity contribution in [1.29, 1.82) is 0 Å². The van der Waals surface area contributed by atoms with Crippen LogP contribution in [0.25, 0.3) is 0 Å². The van der Waals surface area contributed by atoms with Crippen molar-refractivity contribution in [3.8, 4) is 11.5 Å². The molecular formula is C21H29N3O2. The Morgan fingerprint density at radius 3 is 2.85 bits per heavy atom. The number of hydrogen-bond acceptors (Lipinski definition) is 5. The first-order valence-corrected chi connectivity index (χ1v) is 9.50. The fourth-order valence-corrected chi connectivity index (χ4v) is 3.50. The fraction of sp³-hybridized carbons (Fsp3) is 0.524. The zero-order chi connectivity index (χ0) is 18.4. The SMILES string of the molecule is CCc1ccnc(Cc2ccc(OC)c(OCCC3CCCN3C)c2)n1. The van der Waals surface area contributed by atoms with Crippen molar-refractivity contribution < 1.29 is 9.47 Å². The first kappa shape index (κ1) is 18.6. The molecule has 1 fully saturated rings. The average molecular weight is 355 g/mol. The van der Waals surface area contributed by atoms with E-state index in [1.54, 1.807) is 7.11 Å². The Labute approximate surface area is 156 Å². The molecule has 1 atom stereocenters. The topological polar surface area (TPSA) is 47.5 Å². The molecule has 0 amide bonds. The number of benzene rings is 1. The summed E-state index contributed by atoms with van der Waals surface area (Å²) in [6.07, 6.45) is 7.05. The van der Waals surface area contributed by atoms with E-state index in [1.807, 2.05) is 18.3 Å². The lowest BCUT2D eigenvalue weighted by atomic mass is 10.1. The number of aryl methyl sites for hydroxylation is 1. The third kappa shape index (κ3) is 4.73. The van der Waals surface area contributed by atoms with E-state index in [1.165, 1.54) is 19.4 Å². The summed E-state index contributed by atoms with van der Waals surface area (Å²) in [4.78, 5) is 11.4. The van der Waals surface area contributed by atoms with Crippen molar-refractivity contribution in [2.75, 3.05) is 27.3 Å². The first-order chi connectivity index (χ1) is 12.7. The number of likely N-dealkylation sites (tertiary alicyclic amines) is 1. The van der Waals surface area contributed by atoms with Gasteiger partial charge in [-0.3, -0.25) is 0 Å². The normalized spacial score (nSPS) is 17.4. The molecule has 5 heteroatoms. The Kier molecular flexibility index (Phi) is 6.45.